The van der Waals surface area contributed by atoms with Gasteiger partial charge in [0.05, 0.1) is 0 Å². The van der Waals surface area contributed by atoms with Gasteiger partial charge in [-0.2, -0.15) is 0 Å². The minimum atomic E-state index is -0.272. The molecule has 0 aromatic rings. The van der Waals surface area contributed by atoms with Crippen molar-refractivity contribution in [1.82, 2.24) is 5.32 Å². The SMILES string of the molecule is CC(C)CCCC(C)NC(=O)C(C)(C)C. The van der Waals surface area contributed by atoms with Crippen LogP contribution in [-0.2, 0) is 4.79 Å². The summed E-state index contributed by atoms with van der Waals surface area (Å²) in [6.45, 7) is 12.4. The van der Waals surface area contributed by atoms with E-state index in [1.165, 1.54) is 12.8 Å². The van der Waals surface area contributed by atoms with Gasteiger partial charge in [-0.05, 0) is 19.3 Å². The second-order valence-corrected chi connectivity index (χ2v) is 5.95. The fourth-order valence-corrected chi connectivity index (χ4v) is 1.34. The monoisotopic (exact) mass is 213 g/mol. The fraction of sp³-hybridized carbons (Fsp3) is 0.923. The van der Waals surface area contributed by atoms with Gasteiger partial charge in [-0.25, -0.2) is 0 Å². The van der Waals surface area contributed by atoms with Gasteiger partial charge in [0.2, 0.25) is 5.91 Å². The van der Waals surface area contributed by atoms with Crippen LogP contribution in [0.3, 0.4) is 0 Å². The van der Waals surface area contributed by atoms with Gasteiger partial charge in [-0.1, -0.05) is 47.5 Å². The van der Waals surface area contributed by atoms with Crippen LogP contribution in [0.15, 0.2) is 0 Å². The first-order chi connectivity index (χ1) is 6.73. The van der Waals surface area contributed by atoms with Gasteiger partial charge in [0.25, 0.3) is 0 Å². The number of amides is 1. The molecular weight excluding hydrogens is 186 g/mol. The molecule has 0 saturated carbocycles. The standard InChI is InChI=1S/C13H27NO/c1-10(2)8-7-9-11(3)14-12(15)13(4,5)6/h10-11H,7-9H2,1-6H3,(H,14,15). The lowest BCUT2D eigenvalue weighted by Crippen LogP contribution is -2.40. The molecule has 1 unspecified atom stereocenters. The molecule has 0 aliphatic heterocycles. The molecule has 0 aromatic carbocycles. The van der Waals surface area contributed by atoms with Gasteiger partial charge in [0, 0.05) is 11.5 Å². The van der Waals surface area contributed by atoms with Gasteiger partial charge in [-0.3, -0.25) is 4.79 Å². The van der Waals surface area contributed by atoms with Gasteiger partial charge in [-0.15, -0.1) is 0 Å². The van der Waals surface area contributed by atoms with Crippen LogP contribution in [0, 0.1) is 11.3 Å². The quantitative estimate of drug-likeness (QED) is 0.745. The van der Waals surface area contributed by atoms with Crippen molar-refractivity contribution in [2.45, 2.75) is 66.8 Å². The first kappa shape index (κ1) is 14.5. The van der Waals surface area contributed by atoms with E-state index in [1.54, 1.807) is 0 Å². The predicted octanol–water partition coefficient (Wildman–Crippen LogP) is 3.36. The molecule has 2 nitrogen and oxygen atoms in total. The molecule has 0 fully saturated rings. The Labute approximate surface area is 94.8 Å². The highest BCUT2D eigenvalue weighted by Gasteiger charge is 2.22. The average molecular weight is 213 g/mol. The molecule has 0 radical (unpaired) electrons. The van der Waals surface area contributed by atoms with Crippen molar-refractivity contribution in [3.05, 3.63) is 0 Å². The fourth-order valence-electron chi connectivity index (χ4n) is 1.34. The Hall–Kier alpha value is -0.530. The topological polar surface area (TPSA) is 29.1 Å². The summed E-state index contributed by atoms with van der Waals surface area (Å²) in [6.07, 6.45) is 3.53. The van der Waals surface area contributed by atoms with Crippen molar-refractivity contribution in [3.8, 4) is 0 Å². The lowest BCUT2D eigenvalue weighted by molar-refractivity contribution is -0.129. The Morgan fingerprint density at radius 1 is 1.13 bits per heavy atom. The number of carbonyl (C=O) groups excluding carboxylic acids is 1. The molecule has 0 saturated heterocycles. The number of hydrogen-bond acceptors (Lipinski definition) is 1. The second kappa shape index (κ2) is 6.14. The summed E-state index contributed by atoms with van der Waals surface area (Å²) in [6, 6.07) is 0.301. The third kappa shape index (κ3) is 7.40. The van der Waals surface area contributed by atoms with Gasteiger partial charge in [0.1, 0.15) is 0 Å². The van der Waals surface area contributed by atoms with E-state index in [0.717, 1.165) is 12.3 Å². The maximum atomic E-state index is 11.7. The summed E-state index contributed by atoms with van der Waals surface area (Å²) < 4.78 is 0. The Bertz CT molecular complexity index is 191. The van der Waals surface area contributed by atoms with Crippen LogP contribution < -0.4 is 5.32 Å². The first-order valence-corrected chi connectivity index (χ1v) is 6.04. The molecule has 0 spiro atoms. The molecule has 1 amide bonds. The third-order valence-corrected chi connectivity index (χ3v) is 2.48. The number of hydrogen-bond donors (Lipinski definition) is 1. The van der Waals surface area contributed by atoms with E-state index in [9.17, 15) is 4.79 Å². The summed E-state index contributed by atoms with van der Waals surface area (Å²) in [4.78, 5) is 11.7. The second-order valence-electron chi connectivity index (χ2n) is 5.95. The van der Waals surface area contributed by atoms with Gasteiger partial charge >= 0.3 is 0 Å². The van der Waals surface area contributed by atoms with E-state index in [4.69, 9.17) is 0 Å². The van der Waals surface area contributed by atoms with Gasteiger partial charge in [0.15, 0.2) is 0 Å². The van der Waals surface area contributed by atoms with Crippen molar-refractivity contribution in [3.63, 3.8) is 0 Å². The maximum Gasteiger partial charge on any atom is 0.225 e. The van der Waals surface area contributed by atoms with Crippen LogP contribution in [0.5, 0.6) is 0 Å². The molecule has 90 valence electrons. The number of carbonyl (C=O) groups is 1. The van der Waals surface area contributed by atoms with E-state index in [-0.39, 0.29) is 11.3 Å². The largest absolute Gasteiger partial charge is 0.353 e. The smallest absolute Gasteiger partial charge is 0.225 e. The van der Waals surface area contributed by atoms with Crippen LogP contribution in [0.4, 0.5) is 0 Å². The van der Waals surface area contributed by atoms with Crippen LogP contribution in [0.2, 0.25) is 0 Å². The normalized spacial score (nSPS) is 14.1. The molecule has 1 N–H and O–H groups in total. The number of nitrogens with one attached hydrogen (secondary N) is 1. The summed E-state index contributed by atoms with van der Waals surface area (Å²) >= 11 is 0. The first-order valence-electron chi connectivity index (χ1n) is 6.04. The molecule has 0 rings (SSSR count). The van der Waals surface area contributed by atoms with E-state index in [2.05, 4.69) is 26.1 Å². The molecule has 0 heterocycles. The predicted molar refractivity (Wildman–Crippen MR) is 65.7 cm³/mol. The molecule has 0 aliphatic rings. The molecule has 0 aliphatic carbocycles. The van der Waals surface area contributed by atoms with Crippen molar-refractivity contribution >= 4 is 5.91 Å². The minimum Gasteiger partial charge on any atom is -0.353 e. The summed E-state index contributed by atoms with van der Waals surface area (Å²) in [5.41, 5.74) is -0.272. The Morgan fingerprint density at radius 2 is 1.67 bits per heavy atom. The van der Waals surface area contributed by atoms with Gasteiger partial charge < -0.3 is 5.32 Å². The summed E-state index contributed by atoms with van der Waals surface area (Å²) in [7, 11) is 0. The zero-order valence-corrected chi connectivity index (χ0v) is 11.2. The van der Waals surface area contributed by atoms with Crippen molar-refractivity contribution in [2.24, 2.45) is 11.3 Å². The average Bonchev–Trinajstić information content (AvgIpc) is 2.01. The zero-order valence-electron chi connectivity index (χ0n) is 11.2. The molecule has 15 heavy (non-hydrogen) atoms. The highest BCUT2D eigenvalue weighted by Crippen LogP contribution is 2.14. The van der Waals surface area contributed by atoms with Crippen LogP contribution in [-0.4, -0.2) is 11.9 Å². The Kier molecular flexibility index (Phi) is 5.92. The lowest BCUT2D eigenvalue weighted by atomic mass is 9.95. The zero-order chi connectivity index (χ0) is 12.1. The third-order valence-electron chi connectivity index (χ3n) is 2.48. The van der Waals surface area contributed by atoms with Crippen LogP contribution >= 0.6 is 0 Å². The number of rotatable bonds is 5. The Morgan fingerprint density at radius 3 is 2.07 bits per heavy atom. The molecule has 0 aromatic heterocycles. The molecule has 2 heteroatoms. The Balaban J connectivity index is 3.75. The minimum absolute atomic E-state index is 0.152. The van der Waals surface area contributed by atoms with Crippen LogP contribution in [0.25, 0.3) is 0 Å². The molecule has 0 bridgehead atoms. The highest BCUT2D eigenvalue weighted by molar-refractivity contribution is 5.81. The van der Waals surface area contributed by atoms with E-state index >= 15 is 0 Å². The highest BCUT2D eigenvalue weighted by atomic mass is 16.2. The van der Waals surface area contributed by atoms with Crippen molar-refractivity contribution in [1.29, 1.82) is 0 Å². The summed E-state index contributed by atoms with van der Waals surface area (Å²) in [5.74, 6) is 0.912. The van der Waals surface area contributed by atoms with E-state index < -0.39 is 0 Å². The molecular formula is C13H27NO. The van der Waals surface area contributed by atoms with Crippen molar-refractivity contribution in [2.75, 3.05) is 0 Å². The summed E-state index contributed by atoms with van der Waals surface area (Å²) in [5, 5.41) is 3.05. The lowest BCUT2D eigenvalue weighted by Gasteiger charge is -2.22. The van der Waals surface area contributed by atoms with Crippen molar-refractivity contribution < 1.29 is 4.79 Å². The molecule has 1 atom stereocenters. The van der Waals surface area contributed by atoms with Crippen LogP contribution in [0.1, 0.15) is 60.8 Å². The maximum absolute atomic E-state index is 11.7. The van der Waals surface area contributed by atoms with E-state index in [1.807, 2.05) is 20.8 Å². The van der Waals surface area contributed by atoms with E-state index in [0.29, 0.717) is 6.04 Å².